The number of hydrogen-bond acceptors (Lipinski definition) is 4. The van der Waals surface area contributed by atoms with Crippen LogP contribution in [-0.2, 0) is 14.8 Å². The molecule has 1 rings (SSSR count). The predicted octanol–water partition coefficient (Wildman–Crippen LogP) is 0.499. The van der Waals surface area contributed by atoms with Gasteiger partial charge in [0.1, 0.15) is 11.9 Å². The van der Waals surface area contributed by atoms with Gasteiger partial charge in [0.05, 0.1) is 6.20 Å². The molecule has 0 spiro atoms. The van der Waals surface area contributed by atoms with Crippen LogP contribution >= 0.6 is 0 Å². The van der Waals surface area contributed by atoms with E-state index in [1.54, 1.807) is 21.0 Å². The Hall–Kier alpha value is -1.41. The molecule has 7 nitrogen and oxygen atoms in total. The van der Waals surface area contributed by atoms with Gasteiger partial charge in [-0.25, -0.2) is 13.4 Å². The molecule has 1 heterocycles. The molecule has 1 amide bonds. The predicted molar refractivity (Wildman–Crippen MR) is 75.6 cm³/mol. The summed E-state index contributed by atoms with van der Waals surface area (Å²) < 4.78 is 26.9. The molecule has 0 aliphatic heterocycles. The lowest BCUT2D eigenvalue weighted by atomic mass is 10.0. The number of aromatic amines is 1. The molecule has 114 valence electrons. The zero-order valence-electron chi connectivity index (χ0n) is 12.5. The summed E-state index contributed by atoms with van der Waals surface area (Å²) in [4.78, 5) is 20.0. The Morgan fingerprint density at radius 1 is 1.45 bits per heavy atom. The maximum absolute atomic E-state index is 12.2. The molecule has 0 saturated heterocycles. The van der Waals surface area contributed by atoms with Gasteiger partial charge < -0.3 is 9.88 Å². The van der Waals surface area contributed by atoms with Gasteiger partial charge in [0.2, 0.25) is 5.91 Å². The first-order chi connectivity index (χ1) is 9.13. The van der Waals surface area contributed by atoms with Crippen LogP contribution in [0.5, 0.6) is 0 Å². The number of amides is 1. The molecule has 1 unspecified atom stereocenters. The van der Waals surface area contributed by atoms with Crippen LogP contribution in [0.1, 0.15) is 26.1 Å². The smallest absolute Gasteiger partial charge is 0.258 e. The highest BCUT2D eigenvalue weighted by Crippen LogP contribution is 2.12. The maximum atomic E-state index is 12.2. The third-order valence-electron chi connectivity index (χ3n) is 2.71. The van der Waals surface area contributed by atoms with Gasteiger partial charge in [0.25, 0.3) is 10.0 Å². The average Bonchev–Trinajstić information content (AvgIpc) is 2.73. The number of sulfonamides is 1. The fraction of sp³-hybridized carbons (Fsp3) is 0.667. The molecule has 0 fully saturated rings. The number of hydrogen-bond donors (Lipinski definition) is 2. The molecular formula is C12H22N4O3S. The summed E-state index contributed by atoms with van der Waals surface area (Å²) in [5.74, 6) is 0.429. The Kier molecular flexibility index (Phi) is 5.29. The standard InChI is InChI=1S/C12H22N4O3S/c1-8(2)6-10(12(17)16(4)5)15-20(18,19)11-7-13-9(3)14-11/h7-8,10,15H,6H2,1-5H3,(H,13,14). The zero-order chi connectivity index (χ0) is 15.5. The van der Waals surface area contributed by atoms with Gasteiger partial charge in [-0.3, -0.25) is 4.79 Å². The normalized spacial score (nSPS) is 13.5. The molecule has 0 aromatic carbocycles. The monoisotopic (exact) mass is 302 g/mol. The summed E-state index contributed by atoms with van der Waals surface area (Å²) in [5.41, 5.74) is 0. The molecule has 0 radical (unpaired) electrons. The summed E-state index contributed by atoms with van der Waals surface area (Å²) in [5, 5.41) is -0.0321. The minimum Gasteiger partial charge on any atom is -0.347 e. The molecule has 1 atom stereocenters. The lowest BCUT2D eigenvalue weighted by Crippen LogP contribution is -2.46. The Bertz CT molecular complexity index is 563. The van der Waals surface area contributed by atoms with Gasteiger partial charge in [-0.15, -0.1) is 0 Å². The van der Waals surface area contributed by atoms with Crippen molar-refractivity contribution in [1.82, 2.24) is 19.6 Å². The molecular weight excluding hydrogens is 280 g/mol. The number of likely N-dealkylation sites (N-methyl/N-ethyl adjacent to an activating group) is 1. The zero-order valence-corrected chi connectivity index (χ0v) is 13.3. The number of imidazole rings is 1. The highest BCUT2D eigenvalue weighted by molar-refractivity contribution is 7.89. The highest BCUT2D eigenvalue weighted by atomic mass is 32.2. The van der Waals surface area contributed by atoms with Crippen LogP contribution in [0.15, 0.2) is 11.2 Å². The third kappa shape index (κ3) is 4.31. The summed E-state index contributed by atoms with van der Waals surface area (Å²) in [6, 6.07) is -0.779. The SMILES string of the molecule is Cc1ncc(S(=O)(=O)NC(CC(C)C)C(=O)N(C)C)[nH]1. The minimum atomic E-state index is -3.78. The second-order valence-electron chi connectivity index (χ2n) is 5.37. The van der Waals surface area contributed by atoms with E-state index >= 15 is 0 Å². The average molecular weight is 302 g/mol. The lowest BCUT2D eigenvalue weighted by Gasteiger charge is -2.22. The van der Waals surface area contributed by atoms with Crippen LogP contribution in [0.4, 0.5) is 0 Å². The van der Waals surface area contributed by atoms with E-state index in [1.165, 1.54) is 11.1 Å². The highest BCUT2D eigenvalue weighted by Gasteiger charge is 2.28. The quantitative estimate of drug-likeness (QED) is 0.800. The number of aromatic nitrogens is 2. The number of rotatable bonds is 6. The van der Waals surface area contributed by atoms with E-state index in [-0.39, 0.29) is 16.9 Å². The van der Waals surface area contributed by atoms with Crippen molar-refractivity contribution in [2.45, 2.75) is 38.3 Å². The van der Waals surface area contributed by atoms with Crippen LogP contribution in [0.2, 0.25) is 0 Å². The first-order valence-corrected chi connectivity index (χ1v) is 7.87. The van der Waals surface area contributed by atoms with Gasteiger partial charge >= 0.3 is 0 Å². The number of nitrogens with one attached hydrogen (secondary N) is 2. The van der Waals surface area contributed by atoms with Gasteiger partial charge in [-0.2, -0.15) is 4.72 Å². The first-order valence-electron chi connectivity index (χ1n) is 6.38. The number of carbonyl (C=O) groups is 1. The van der Waals surface area contributed by atoms with Gasteiger partial charge in [-0.05, 0) is 19.3 Å². The first kappa shape index (κ1) is 16.6. The van der Waals surface area contributed by atoms with Crippen LogP contribution in [0, 0.1) is 12.8 Å². The van der Waals surface area contributed by atoms with Crippen molar-refractivity contribution in [2.75, 3.05) is 14.1 Å². The van der Waals surface area contributed by atoms with Crippen LogP contribution < -0.4 is 4.72 Å². The van der Waals surface area contributed by atoms with Crippen molar-refractivity contribution in [3.05, 3.63) is 12.0 Å². The summed E-state index contributed by atoms with van der Waals surface area (Å²) >= 11 is 0. The van der Waals surface area contributed by atoms with Crippen molar-refractivity contribution in [1.29, 1.82) is 0 Å². The second-order valence-corrected chi connectivity index (χ2v) is 7.05. The lowest BCUT2D eigenvalue weighted by molar-refractivity contribution is -0.130. The Morgan fingerprint density at radius 2 is 2.05 bits per heavy atom. The number of aryl methyl sites for hydroxylation is 1. The van der Waals surface area contributed by atoms with Crippen molar-refractivity contribution in [2.24, 2.45) is 5.92 Å². The molecule has 8 heteroatoms. The van der Waals surface area contributed by atoms with E-state index in [1.807, 2.05) is 13.8 Å². The Morgan fingerprint density at radius 3 is 2.45 bits per heavy atom. The Labute approximate surface area is 119 Å². The van der Waals surface area contributed by atoms with Crippen molar-refractivity contribution >= 4 is 15.9 Å². The second kappa shape index (κ2) is 6.36. The summed E-state index contributed by atoms with van der Waals surface area (Å²) in [6.07, 6.45) is 1.67. The molecule has 0 bridgehead atoms. The minimum absolute atomic E-state index is 0.0321. The molecule has 1 aromatic heterocycles. The number of H-pyrrole nitrogens is 1. The van der Waals surface area contributed by atoms with Gasteiger partial charge in [-0.1, -0.05) is 13.8 Å². The van der Waals surface area contributed by atoms with E-state index in [0.29, 0.717) is 12.2 Å². The molecule has 0 aliphatic carbocycles. The molecule has 0 aliphatic rings. The van der Waals surface area contributed by atoms with Crippen molar-refractivity contribution in [3.8, 4) is 0 Å². The topological polar surface area (TPSA) is 95.2 Å². The van der Waals surface area contributed by atoms with Crippen LogP contribution in [0.25, 0.3) is 0 Å². The molecule has 1 aromatic rings. The van der Waals surface area contributed by atoms with Crippen LogP contribution in [0.3, 0.4) is 0 Å². The van der Waals surface area contributed by atoms with E-state index in [9.17, 15) is 13.2 Å². The van der Waals surface area contributed by atoms with E-state index in [4.69, 9.17) is 0 Å². The van der Waals surface area contributed by atoms with Gasteiger partial charge in [0, 0.05) is 14.1 Å². The Balaban J connectivity index is 2.97. The third-order valence-corrected chi connectivity index (χ3v) is 4.09. The van der Waals surface area contributed by atoms with Crippen LogP contribution in [-0.4, -0.2) is 49.3 Å². The number of carbonyl (C=O) groups excluding carboxylic acids is 1. The molecule has 2 N–H and O–H groups in total. The number of nitrogens with zero attached hydrogens (tertiary/aromatic N) is 2. The molecule has 20 heavy (non-hydrogen) atoms. The molecule has 0 saturated carbocycles. The summed E-state index contributed by atoms with van der Waals surface area (Å²) in [7, 11) is -0.575. The van der Waals surface area contributed by atoms with E-state index in [0.717, 1.165) is 0 Å². The maximum Gasteiger partial charge on any atom is 0.258 e. The summed E-state index contributed by atoms with van der Waals surface area (Å²) in [6.45, 7) is 5.53. The van der Waals surface area contributed by atoms with Gasteiger partial charge in [0.15, 0.2) is 5.03 Å². The van der Waals surface area contributed by atoms with Crippen molar-refractivity contribution < 1.29 is 13.2 Å². The largest absolute Gasteiger partial charge is 0.347 e. The fourth-order valence-corrected chi connectivity index (χ4v) is 2.94. The fourth-order valence-electron chi connectivity index (χ4n) is 1.77. The van der Waals surface area contributed by atoms with Crippen molar-refractivity contribution in [3.63, 3.8) is 0 Å². The van der Waals surface area contributed by atoms with E-state index in [2.05, 4.69) is 14.7 Å². The van der Waals surface area contributed by atoms with E-state index < -0.39 is 16.1 Å².